The van der Waals surface area contributed by atoms with E-state index in [2.05, 4.69) is 30.5 Å². The Kier molecular flexibility index (Phi) is 5.77. The first kappa shape index (κ1) is 20.5. The standard InChI is InChI=1S/C17H13F3N8O2/c1-30-15-22-7-12(8-23-15)28(9-11-5-13(27-26-11)17(18,19)20)16(29)25-14-4-2-3-10(6-21)24-14/h2-5,7-8H,9H2,1H3,(H,26,27)(H,24,25,29). The maximum atomic E-state index is 12.8. The largest absolute Gasteiger partial charge is 0.467 e. The molecule has 0 aliphatic carbocycles. The molecule has 0 aliphatic heterocycles. The molecule has 3 rings (SSSR count). The first-order chi connectivity index (χ1) is 14.3. The van der Waals surface area contributed by atoms with Crippen molar-refractivity contribution in [2.75, 3.05) is 17.3 Å². The highest BCUT2D eigenvalue weighted by Crippen LogP contribution is 2.28. The Morgan fingerprint density at radius 3 is 2.67 bits per heavy atom. The Labute approximate surface area is 167 Å². The van der Waals surface area contributed by atoms with Crippen LogP contribution in [0.5, 0.6) is 6.01 Å². The molecule has 10 nitrogen and oxygen atoms in total. The third kappa shape index (κ3) is 4.79. The van der Waals surface area contributed by atoms with Gasteiger partial charge in [-0.25, -0.2) is 19.7 Å². The van der Waals surface area contributed by atoms with Crippen LogP contribution in [-0.4, -0.2) is 38.3 Å². The lowest BCUT2D eigenvalue weighted by Crippen LogP contribution is -2.35. The summed E-state index contributed by atoms with van der Waals surface area (Å²) in [5.74, 6) is 0.0825. The van der Waals surface area contributed by atoms with E-state index in [4.69, 9.17) is 10.00 Å². The quantitative estimate of drug-likeness (QED) is 0.651. The van der Waals surface area contributed by atoms with Crippen molar-refractivity contribution in [3.05, 3.63) is 53.7 Å². The predicted molar refractivity (Wildman–Crippen MR) is 96.3 cm³/mol. The molecular formula is C17H13F3N8O2. The number of hydrogen-bond donors (Lipinski definition) is 2. The summed E-state index contributed by atoms with van der Waals surface area (Å²) >= 11 is 0. The van der Waals surface area contributed by atoms with E-state index in [1.165, 1.54) is 37.7 Å². The van der Waals surface area contributed by atoms with Gasteiger partial charge in [-0.2, -0.15) is 23.5 Å². The molecule has 3 aromatic rings. The van der Waals surface area contributed by atoms with Gasteiger partial charge in [-0.15, -0.1) is 0 Å². The van der Waals surface area contributed by atoms with E-state index in [1.54, 1.807) is 0 Å². The molecule has 13 heteroatoms. The zero-order chi connectivity index (χ0) is 21.7. The first-order valence-electron chi connectivity index (χ1n) is 8.23. The van der Waals surface area contributed by atoms with Crippen molar-refractivity contribution in [3.63, 3.8) is 0 Å². The van der Waals surface area contributed by atoms with Gasteiger partial charge in [0.25, 0.3) is 0 Å². The van der Waals surface area contributed by atoms with E-state index in [1.807, 2.05) is 6.07 Å². The average molecular weight is 418 g/mol. The molecule has 30 heavy (non-hydrogen) atoms. The Bertz CT molecular complexity index is 1080. The summed E-state index contributed by atoms with van der Waals surface area (Å²) in [5, 5.41) is 16.9. The number of rotatable bonds is 5. The number of alkyl halides is 3. The monoisotopic (exact) mass is 418 g/mol. The van der Waals surface area contributed by atoms with Crippen LogP contribution in [0.25, 0.3) is 0 Å². The summed E-state index contributed by atoms with van der Waals surface area (Å²) in [6, 6.07) is 6.37. The number of nitrogens with one attached hydrogen (secondary N) is 2. The topological polar surface area (TPSA) is 133 Å². The molecule has 0 aromatic carbocycles. The highest BCUT2D eigenvalue weighted by molar-refractivity contribution is 6.00. The number of carbonyl (C=O) groups excluding carboxylic acids is 1. The van der Waals surface area contributed by atoms with Crippen molar-refractivity contribution in [2.45, 2.75) is 12.7 Å². The number of pyridine rings is 1. The molecule has 0 spiro atoms. The van der Waals surface area contributed by atoms with E-state index in [0.29, 0.717) is 0 Å². The lowest BCUT2D eigenvalue weighted by atomic mass is 10.3. The number of aromatic amines is 1. The van der Waals surface area contributed by atoms with Crippen LogP contribution in [0, 0.1) is 11.3 Å². The number of hydrogen-bond acceptors (Lipinski definition) is 7. The predicted octanol–water partition coefficient (Wildman–Crippen LogP) is 2.73. The van der Waals surface area contributed by atoms with E-state index >= 15 is 0 Å². The minimum atomic E-state index is -4.63. The second-order valence-corrected chi connectivity index (χ2v) is 5.74. The Hall–Kier alpha value is -4.21. The van der Waals surface area contributed by atoms with Gasteiger partial charge < -0.3 is 4.74 Å². The van der Waals surface area contributed by atoms with E-state index in [9.17, 15) is 18.0 Å². The van der Waals surface area contributed by atoms with Crippen molar-refractivity contribution in [1.82, 2.24) is 25.1 Å². The third-order valence-corrected chi connectivity index (χ3v) is 3.70. The zero-order valence-corrected chi connectivity index (χ0v) is 15.3. The summed E-state index contributed by atoms with van der Waals surface area (Å²) in [5.41, 5.74) is -0.845. The fraction of sp³-hybridized carbons (Fsp3) is 0.176. The number of nitriles is 1. The number of ether oxygens (including phenoxy) is 1. The number of anilines is 2. The van der Waals surface area contributed by atoms with Crippen molar-refractivity contribution in [2.24, 2.45) is 0 Å². The summed E-state index contributed by atoms with van der Waals surface area (Å²) < 4.78 is 43.3. The molecule has 0 radical (unpaired) electrons. The van der Waals surface area contributed by atoms with Crippen LogP contribution in [0.4, 0.5) is 29.5 Å². The summed E-state index contributed by atoms with van der Waals surface area (Å²) in [4.78, 5) is 25.6. The number of urea groups is 1. The molecule has 0 aliphatic rings. The van der Waals surface area contributed by atoms with Gasteiger partial charge in [-0.1, -0.05) is 6.07 Å². The van der Waals surface area contributed by atoms with Crippen LogP contribution in [0.2, 0.25) is 0 Å². The summed E-state index contributed by atoms with van der Waals surface area (Å²) in [7, 11) is 1.36. The van der Waals surface area contributed by atoms with Gasteiger partial charge in [-0.05, 0) is 18.2 Å². The van der Waals surface area contributed by atoms with Crippen molar-refractivity contribution in [3.8, 4) is 12.1 Å². The molecule has 0 saturated heterocycles. The normalized spacial score (nSPS) is 10.9. The number of halogens is 3. The molecule has 0 unspecified atom stereocenters. The maximum Gasteiger partial charge on any atom is 0.435 e. The van der Waals surface area contributed by atoms with E-state index < -0.39 is 17.9 Å². The second-order valence-electron chi connectivity index (χ2n) is 5.74. The first-order valence-corrected chi connectivity index (χ1v) is 8.23. The molecular weight excluding hydrogens is 405 g/mol. The van der Waals surface area contributed by atoms with Gasteiger partial charge in [0.2, 0.25) is 0 Å². The van der Waals surface area contributed by atoms with Crippen molar-refractivity contribution >= 4 is 17.5 Å². The van der Waals surface area contributed by atoms with Crippen LogP contribution in [0.3, 0.4) is 0 Å². The highest BCUT2D eigenvalue weighted by atomic mass is 19.4. The zero-order valence-electron chi connectivity index (χ0n) is 15.3. The number of H-pyrrole nitrogens is 1. The molecule has 2 N–H and O–H groups in total. The molecule has 0 bridgehead atoms. The SMILES string of the molecule is COc1ncc(N(Cc2cc(C(F)(F)F)n[nH]2)C(=O)Nc2cccc(C#N)n2)cn1. The van der Waals surface area contributed by atoms with Crippen LogP contribution in [0.15, 0.2) is 36.7 Å². The van der Waals surface area contributed by atoms with Gasteiger partial charge in [0.05, 0.1) is 37.4 Å². The molecule has 0 fully saturated rings. The van der Waals surface area contributed by atoms with Crippen molar-refractivity contribution in [1.29, 1.82) is 5.26 Å². The van der Waals surface area contributed by atoms with Gasteiger partial charge in [0, 0.05) is 0 Å². The van der Waals surface area contributed by atoms with Crippen molar-refractivity contribution < 1.29 is 22.7 Å². The van der Waals surface area contributed by atoms with Crippen LogP contribution in [-0.2, 0) is 12.7 Å². The van der Waals surface area contributed by atoms with Crippen LogP contribution in [0.1, 0.15) is 17.1 Å². The second kappa shape index (κ2) is 8.43. The minimum absolute atomic E-state index is 0.0204. The van der Waals surface area contributed by atoms with Crippen LogP contribution < -0.4 is 15.0 Å². The fourth-order valence-electron chi connectivity index (χ4n) is 2.34. The fourth-order valence-corrected chi connectivity index (χ4v) is 2.34. The molecule has 154 valence electrons. The highest BCUT2D eigenvalue weighted by Gasteiger charge is 2.34. The lowest BCUT2D eigenvalue weighted by Gasteiger charge is -2.21. The summed E-state index contributed by atoms with van der Waals surface area (Å²) in [6.07, 6.45) is -2.09. The number of nitrogens with zero attached hydrogens (tertiary/aromatic N) is 6. The Balaban J connectivity index is 1.89. The molecule has 0 saturated carbocycles. The number of amides is 2. The van der Waals surface area contributed by atoms with Gasteiger partial charge >= 0.3 is 18.2 Å². The van der Waals surface area contributed by atoms with Gasteiger partial charge in [0.15, 0.2) is 5.69 Å². The third-order valence-electron chi connectivity index (χ3n) is 3.70. The average Bonchev–Trinajstić information content (AvgIpc) is 3.21. The molecule has 3 heterocycles. The number of carbonyl (C=O) groups is 1. The number of aromatic nitrogens is 5. The number of methoxy groups -OCH3 is 1. The Morgan fingerprint density at radius 1 is 1.33 bits per heavy atom. The molecule has 0 atom stereocenters. The smallest absolute Gasteiger partial charge is 0.435 e. The maximum absolute atomic E-state index is 12.8. The molecule has 2 amide bonds. The summed E-state index contributed by atoms with van der Waals surface area (Å²) in [6.45, 7) is -0.303. The van der Waals surface area contributed by atoms with E-state index in [-0.39, 0.29) is 35.4 Å². The molecule has 3 aromatic heterocycles. The van der Waals surface area contributed by atoms with E-state index in [0.717, 1.165) is 11.0 Å². The Morgan fingerprint density at radius 2 is 2.07 bits per heavy atom. The van der Waals surface area contributed by atoms with Gasteiger partial charge in [0.1, 0.15) is 17.6 Å². The van der Waals surface area contributed by atoms with Crippen LogP contribution >= 0.6 is 0 Å². The minimum Gasteiger partial charge on any atom is -0.467 e. The lowest BCUT2D eigenvalue weighted by molar-refractivity contribution is -0.141. The van der Waals surface area contributed by atoms with Gasteiger partial charge in [-0.3, -0.25) is 15.3 Å².